The van der Waals surface area contributed by atoms with Crippen LogP contribution in [0.4, 0.5) is 0 Å². The topological polar surface area (TPSA) is 29.1 Å². The summed E-state index contributed by atoms with van der Waals surface area (Å²) >= 11 is 5.53. The van der Waals surface area contributed by atoms with E-state index >= 15 is 0 Å². The van der Waals surface area contributed by atoms with Crippen molar-refractivity contribution in [3.63, 3.8) is 0 Å². The molecule has 0 radical (unpaired) electrons. The summed E-state index contributed by atoms with van der Waals surface area (Å²) in [5.41, 5.74) is 1.32. The Bertz CT molecular complexity index is 326. The average Bonchev–Trinajstić information content (AvgIpc) is 2.37. The summed E-state index contributed by atoms with van der Waals surface area (Å²) in [5, 5.41) is 2.92. The molecule has 1 amide bonds. The zero-order chi connectivity index (χ0) is 12.5. The Morgan fingerprint density at radius 3 is 2.71 bits per heavy atom. The van der Waals surface area contributed by atoms with Crippen molar-refractivity contribution in [3.05, 3.63) is 35.9 Å². The van der Waals surface area contributed by atoms with E-state index in [1.165, 1.54) is 5.56 Å². The Morgan fingerprint density at radius 2 is 2.06 bits per heavy atom. The standard InChI is InChI=1S/C14H20ClNO/c1-12(13-6-3-2-4-7-13)9-11-16-14(17)8-5-10-15/h2-4,6-7,12H,5,8-11H2,1H3,(H,16,17). The van der Waals surface area contributed by atoms with Gasteiger partial charge in [-0.25, -0.2) is 0 Å². The van der Waals surface area contributed by atoms with Crippen LogP contribution >= 0.6 is 11.6 Å². The van der Waals surface area contributed by atoms with Crippen LogP contribution in [0.3, 0.4) is 0 Å². The van der Waals surface area contributed by atoms with Crippen LogP contribution in [0.15, 0.2) is 30.3 Å². The number of alkyl halides is 1. The van der Waals surface area contributed by atoms with Crippen molar-refractivity contribution in [3.8, 4) is 0 Å². The fraction of sp³-hybridized carbons (Fsp3) is 0.500. The Balaban J connectivity index is 2.20. The van der Waals surface area contributed by atoms with Gasteiger partial charge in [0, 0.05) is 18.8 Å². The molecule has 0 saturated carbocycles. The number of carbonyl (C=O) groups excluding carboxylic acids is 1. The molecule has 2 nitrogen and oxygen atoms in total. The van der Waals surface area contributed by atoms with Crippen LogP contribution in [-0.2, 0) is 4.79 Å². The van der Waals surface area contributed by atoms with Crippen molar-refractivity contribution < 1.29 is 4.79 Å². The van der Waals surface area contributed by atoms with Crippen LogP contribution in [0, 0.1) is 0 Å². The van der Waals surface area contributed by atoms with Gasteiger partial charge in [0.1, 0.15) is 0 Å². The number of halogens is 1. The van der Waals surface area contributed by atoms with E-state index in [0.29, 0.717) is 18.2 Å². The Morgan fingerprint density at radius 1 is 1.35 bits per heavy atom. The molecule has 94 valence electrons. The van der Waals surface area contributed by atoms with Gasteiger partial charge in [-0.3, -0.25) is 4.79 Å². The summed E-state index contributed by atoms with van der Waals surface area (Å²) in [6.07, 6.45) is 2.25. The predicted octanol–water partition coefficient (Wildman–Crippen LogP) is 3.32. The van der Waals surface area contributed by atoms with Crippen molar-refractivity contribution >= 4 is 17.5 Å². The number of amides is 1. The molecule has 1 N–H and O–H groups in total. The van der Waals surface area contributed by atoms with E-state index in [2.05, 4.69) is 24.4 Å². The van der Waals surface area contributed by atoms with Gasteiger partial charge in [0.2, 0.25) is 5.91 Å². The normalized spacial score (nSPS) is 12.1. The molecule has 0 aliphatic rings. The van der Waals surface area contributed by atoms with E-state index in [4.69, 9.17) is 11.6 Å². The summed E-state index contributed by atoms with van der Waals surface area (Å²) in [6.45, 7) is 2.91. The van der Waals surface area contributed by atoms with Crippen molar-refractivity contribution in [1.82, 2.24) is 5.32 Å². The van der Waals surface area contributed by atoms with Gasteiger partial charge in [0.25, 0.3) is 0 Å². The largest absolute Gasteiger partial charge is 0.356 e. The minimum atomic E-state index is 0.103. The summed E-state index contributed by atoms with van der Waals surface area (Å²) in [6, 6.07) is 10.4. The molecule has 0 aliphatic carbocycles. The van der Waals surface area contributed by atoms with E-state index in [1.807, 2.05) is 18.2 Å². The minimum absolute atomic E-state index is 0.103. The summed E-state index contributed by atoms with van der Waals surface area (Å²) in [5.74, 6) is 1.13. The third-order valence-electron chi connectivity index (χ3n) is 2.81. The van der Waals surface area contributed by atoms with E-state index in [-0.39, 0.29) is 5.91 Å². The number of rotatable bonds is 7. The van der Waals surface area contributed by atoms with Crippen LogP contribution in [0.5, 0.6) is 0 Å². The lowest BCUT2D eigenvalue weighted by molar-refractivity contribution is -0.121. The Hall–Kier alpha value is -1.02. The molecule has 3 heteroatoms. The van der Waals surface area contributed by atoms with Crippen LogP contribution in [-0.4, -0.2) is 18.3 Å². The molecule has 1 rings (SSSR count). The third-order valence-corrected chi connectivity index (χ3v) is 3.07. The molecular weight excluding hydrogens is 234 g/mol. The third kappa shape index (κ3) is 5.73. The molecule has 17 heavy (non-hydrogen) atoms. The van der Waals surface area contributed by atoms with Gasteiger partial charge in [-0.2, -0.15) is 0 Å². The van der Waals surface area contributed by atoms with Gasteiger partial charge in [0.05, 0.1) is 0 Å². The number of hydrogen-bond donors (Lipinski definition) is 1. The summed E-state index contributed by atoms with van der Waals surface area (Å²) < 4.78 is 0. The first-order chi connectivity index (χ1) is 8.24. The van der Waals surface area contributed by atoms with Gasteiger partial charge in [-0.15, -0.1) is 11.6 Å². The second kappa shape index (κ2) is 8.13. The number of benzene rings is 1. The number of carbonyl (C=O) groups is 1. The van der Waals surface area contributed by atoms with Crippen LogP contribution in [0.2, 0.25) is 0 Å². The van der Waals surface area contributed by atoms with Crippen LogP contribution in [0.25, 0.3) is 0 Å². The molecule has 1 aromatic carbocycles. The highest BCUT2D eigenvalue weighted by atomic mass is 35.5. The lowest BCUT2D eigenvalue weighted by Gasteiger charge is -2.12. The number of nitrogens with one attached hydrogen (secondary N) is 1. The first-order valence-corrected chi connectivity index (χ1v) is 6.65. The highest BCUT2D eigenvalue weighted by molar-refractivity contribution is 6.17. The first kappa shape index (κ1) is 14.0. The second-order valence-corrected chi connectivity index (χ2v) is 4.62. The maximum Gasteiger partial charge on any atom is 0.220 e. The molecule has 0 saturated heterocycles. The monoisotopic (exact) mass is 253 g/mol. The lowest BCUT2D eigenvalue weighted by Crippen LogP contribution is -2.25. The van der Waals surface area contributed by atoms with E-state index in [0.717, 1.165) is 19.4 Å². The second-order valence-electron chi connectivity index (χ2n) is 4.24. The smallest absolute Gasteiger partial charge is 0.220 e. The SMILES string of the molecule is CC(CCNC(=O)CCCCl)c1ccccc1. The molecule has 0 aromatic heterocycles. The summed E-state index contributed by atoms with van der Waals surface area (Å²) in [7, 11) is 0. The fourth-order valence-electron chi connectivity index (χ4n) is 1.69. The lowest BCUT2D eigenvalue weighted by atomic mass is 9.98. The minimum Gasteiger partial charge on any atom is -0.356 e. The molecule has 0 aliphatic heterocycles. The van der Waals surface area contributed by atoms with E-state index in [1.54, 1.807) is 0 Å². The Labute approximate surface area is 108 Å². The Kier molecular flexibility index (Phi) is 6.71. The maximum absolute atomic E-state index is 11.4. The highest BCUT2D eigenvalue weighted by Crippen LogP contribution is 2.17. The van der Waals surface area contributed by atoms with Gasteiger partial charge in [-0.1, -0.05) is 37.3 Å². The number of hydrogen-bond acceptors (Lipinski definition) is 1. The van der Waals surface area contributed by atoms with E-state index < -0.39 is 0 Å². The molecular formula is C14H20ClNO. The molecule has 1 aromatic rings. The van der Waals surface area contributed by atoms with Crippen LogP contribution < -0.4 is 5.32 Å². The molecule has 0 bridgehead atoms. The van der Waals surface area contributed by atoms with Crippen molar-refractivity contribution in [2.45, 2.75) is 32.1 Å². The summed E-state index contributed by atoms with van der Waals surface area (Å²) in [4.78, 5) is 11.4. The maximum atomic E-state index is 11.4. The average molecular weight is 254 g/mol. The van der Waals surface area contributed by atoms with Crippen molar-refractivity contribution in [2.24, 2.45) is 0 Å². The fourth-order valence-corrected chi connectivity index (χ4v) is 1.83. The van der Waals surface area contributed by atoms with Gasteiger partial charge in [0.15, 0.2) is 0 Å². The quantitative estimate of drug-likeness (QED) is 0.742. The van der Waals surface area contributed by atoms with Gasteiger partial charge in [-0.05, 0) is 24.3 Å². The van der Waals surface area contributed by atoms with E-state index in [9.17, 15) is 4.79 Å². The van der Waals surface area contributed by atoms with Gasteiger partial charge >= 0.3 is 0 Å². The predicted molar refractivity (Wildman–Crippen MR) is 72.4 cm³/mol. The van der Waals surface area contributed by atoms with Crippen LogP contribution in [0.1, 0.15) is 37.7 Å². The zero-order valence-corrected chi connectivity index (χ0v) is 11.0. The molecule has 0 fully saturated rings. The highest BCUT2D eigenvalue weighted by Gasteiger charge is 2.05. The van der Waals surface area contributed by atoms with Crippen molar-refractivity contribution in [1.29, 1.82) is 0 Å². The van der Waals surface area contributed by atoms with Crippen molar-refractivity contribution in [2.75, 3.05) is 12.4 Å². The van der Waals surface area contributed by atoms with Gasteiger partial charge < -0.3 is 5.32 Å². The molecule has 1 atom stereocenters. The first-order valence-electron chi connectivity index (χ1n) is 6.11. The molecule has 1 unspecified atom stereocenters. The zero-order valence-electron chi connectivity index (χ0n) is 10.3. The molecule has 0 heterocycles. The molecule has 0 spiro atoms.